The molecule has 0 atom stereocenters. The Hall–Kier alpha value is -1.41. The largest absolute Gasteiger partial charge is 0.488 e. The number of benzene rings is 1. The van der Waals surface area contributed by atoms with Gasteiger partial charge in [-0.1, -0.05) is 0 Å². The topological polar surface area (TPSA) is 57.5 Å². The Bertz CT molecular complexity index is 416. The van der Waals surface area contributed by atoms with Crippen molar-refractivity contribution in [1.82, 2.24) is 0 Å². The molecule has 0 bridgehead atoms. The third-order valence-corrected chi connectivity index (χ3v) is 1.85. The highest BCUT2D eigenvalue weighted by Crippen LogP contribution is 2.31. The van der Waals surface area contributed by atoms with E-state index in [0.29, 0.717) is 6.07 Å². The molecule has 0 heterocycles. The molecule has 0 aliphatic rings. The van der Waals surface area contributed by atoms with E-state index in [2.05, 4.69) is 0 Å². The van der Waals surface area contributed by atoms with E-state index in [1.165, 1.54) is 0 Å². The van der Waals surface area contributed by atoms with Crippen molar-refractivity contribution >= 4 is 18.9 Å². The smallest absolute Gasteiger partial charge is 0.423 e. The zero-order chi connectivity index (χ0) is 12.5. The maximum atomic E-state index is 13.1. The summed E-state index contributed by atoms with van der Waals surface area (Å²) in [7, 11) is -2.21. The van der Waals surface area contributed by atoms with Crippen LogP contribution in [0.4, 0.5) is 17.6 Å². The highest BCUT2D eigenvalue weighted by molar-refractivity contribution is 6.58. The summed E-state index contributed by atoms with van der Waals surface area (Å²) in [5.74, 6) is -1.73. The Morgan fingerprint density at radius 3 is 2.19 bits per heavy atom. The van der Waals surface area contributed by atoms with Crippen molar-refractivity contribution in [3.8, 4) is 0 Å². The van der Waals surface area contributed by atoms with Crippen LogP contribution in [-0.2, 0) is 6.18 Å². The molecular weight excluding hydrogens is 231 g/mol. The Balaban J connectivity index is 3.48. The molecule has 1 aromatic carbocycles. The molecule has 86 valence electrons. The van der Waals surface area contributed by atoms with Gasteiger partial charge in [0.2, 0.25) is 0 Å². The van der Waals surface area contributed by atoms with Crippen molar-refractivity contribution in [2.75, 3.05) is 0 Å². The number of rotatable bonds is 2. The van der Waals surface area contributed by atoms with Crippen molar-refractivity contribution < 1.29 is 32.4 Å². The fourth-order valence-electron chi connectivity index (χ4n) is 1.11. The molecule has 0 radical (unpaired) electrons. The molecule has 0 fully saturated rings. The zero-order valence-corrected chi connectivity index (χ0v) is 7.62. The van der Waals surface area contributed by atoms with E-state index in [4.69, 9.17) is 10.0 Å². The third kappa shape index (κ3) is 2.39. The number of aldehydes is 1. The Labute approximate surface area is 87.5 Å². The van der Waals surface area contributed by atoms with E-state index in [0.717, 1.165) is 0 Å². The summed E-state index contributed by atoms with van der Waals surface area (Å²) < 4.78 is 50.0. The number of carbonyl (C=O) groups is 1. The molecule has 0 aliphatic carbocycles. The first-order chi connectivity index (χ1) is 7.27. The summed E-state index contributed by atoms with van der Waals surface area (Å²) in [5, 5.41) is 17.3. The monoisotopic (exact) mass is 236 g/mol. The van der Waals surface area contributed by atoms with Crippen LogP contribution in [-0.4, -0.2) is 23.5 Å². The molecule has 0 amide bonds. The minimum atomic E-state index is -5.01. The lowest BCUT2D eigenvalue weighted by atomic mass is 9.78. The van der Waals surface area contributed by atoms with Gasteiger partial charge in [-0.2, -0.15) is 13.2 Å². The van der Waals surface area contributed by atoms with Crippen LogP contribution in [0.5, 0.6) is 0 Å². The molecule has 16 heavy (non-hydrogen) atoms. The van der Waals surface area contributed by atoms with Gasteiger partial charge in [0.1, 0.15) is 5.82 Å². The molecule has 3 nitrogen and oxygen atoms in total. The van der Waals surface area contributed by atoms with Gasteiger partial charge in [-0.15, -0.1) is 0 Å². The molecule has 1 aromatic rings. The van der Waals surface area contributed by atoms with Crippen molar-refractivity contribution in [1.29, 1.82) is 0 Å². The van der Waals surface area contributed by atoms with Gasteiger partial charge >= 0.3 is 13.3 Å². The lowest BCUT2D eigenvalue weighted by Gasteiger charge is -2.11. The molecule has 0 unspecified atom stereocenters. The average Bonchev–Trinajstić information content (AvgIpc) is 2.15. The first-order valence-electron chi connectivity index (χ1n) is 3.99. The van der Waals surface area contributed by atoms with Gasteiger partial charge in [-0.3, -0.25) is 4.79 Å². The van der Waals surface area contributed by atoms with E-state index in [1.54, 1.807) is 0 Å². The third-order valence-electron chi connectivity index (χ3n) is 1.85. The lowest BCUT2D eigenvalue weighted by Crippen LogP contribution is -2.32. The second-order valence-electron chi connectivity index (χ2n) is 2.96. The van der Waals surface area contributed by atoms with Crippen LogP contribution in [0.3, 0.4) is 0 Å². The summed E-state index contributed by atoms with van der Waals surface area (Å²) in [4.78, 5) is 10.3. The first kappa shape index (κ1) is 12.7. The maximum absolute atomic E-state index is 13.1. The van der Waals surface area contributed by atoms with Crippen LogP contribution >= 0.6 is 0 Å². The van der Waals surface area contributed by atoms with E-state index in [-0.39, 0.29) is 12.4 Å². The predicted octanol–water partition coefficient (Wildman–Crippen LogP) is 0.337. The quantitative estimate of drug-likeness (QED) is 0.442. The SMILES string of the molecule is O=Cc1cc(B(O)O)cc(C(F)(F)F)c1F. The van der Waals surface area contributed by atoms with Crippen LogP contribution in [0, 0.1) is 5.82 Å². The number of alkyl halides is 3. The van der Waals surface area contributed by atoms with Crippen molar-refractivity contribution in [3.63, 3.8) is 0 Å². The summed E-state index contributed by atoms with van der Waals surface area (Å²) in [5.41, 5.74) is -3.19. The number of hydrogen-bond donors (Lipinski definition) is 2. The molecule has 8 heteroatoms. The van der Waals surface area contributed by atoms with Crippen LogP contribution in [0.25, 0.3) is 0 Å². The van der Waals surface area contributed by atoms with Crippen LogP contribution < -0.4 is 5.46 Å². The van der Waals surface area contributed by atoms with Gasteiger partial charge in [0, 0.05) is 0 Å². The van der Waals surface area contributed by atoms with E-state index >= 15 is 0 Å². The maximum Gasteiger partial charge on any atom is 0.488 e. The Morgan fingerprint density at radius 1 is 1.25 bits per heavy atom. The zero-order valence-electron chi connectivity index (χ0n) is 7.62. The van der Waals surface area contributed by atoms with Crippen LogP contribution in [0.2, 0.25) is 0 Å². The predicted molar refractivity (Wildman–Crippen MR) is 46.6 cm³/mol. The van der Waals surface area contributed by atoms with Gasteiger partial charge in [0.05, 0.1) is 11.1 Å². The van der Waals surface area contributed by atoms with Crippen molar-refractivity contribution in [3.05, 3.63) is 29.1 Å². The van der Waals surface area contributed by atoms with E-state index in [9.17, 15) is 22.4 Å². The number of hydrogen-bond acceptors (Lipinski definition) is 3. The molecule has 1 rings (SSSR count). The highest BCUT2D eigenvalue weighted by atomic mass is 19.4. The standard InChI is InChI=1S/C8H5BF4O3/c10-7-4(3-14)1-5(9(15)16)2-6(7)8(11,12)13/h1-3,15-16H. The van der Waals surface area contributed by atoms with Gasteiger partial charge in [0.15, 0.2) is 6.29 Å². The summed E-state index contributed by atoms with van der Waals surface area (Å²) in [6.07, 6.45) is -5.14. The molecular formula is C8H5BF4O3. The molecule has 0 saturated heterocycles. The van der Waals surface area contributed by atoms with Crippen molar-refractivity contribution in [2.24, 2.45) is 0 Å². The minimum Gasteiger partial charge on any atom is -0.423 e. The fraction of sp³-hybridized carbons (Fsp3) is 0.125. The Kier molecular flexibility index (Phi) is 3.34. The first-order valence-corrected chi connectivity index (χ1v) is 3.99. The number of carbonyl (C=O) groups excluding carboxylic acids is 1. The molecule has 0 spiro atoms. The highest BCUT2D eigenvalue weighted by Gasteiger charge is 2.36. The van der Waals surface area contributed by atoms with Gasteiger partial charge < -0.3 is 10.0 Å². The molecule has 2 N–H and O–H groups in total. The summed E-state index contributed by atoms with van der Waals surface area (Å²) in [6.45, 7) is 0. The minimum absolute atomic E-state index is 0.129. The van der Waals surface area contributed by atoms with Crippen LogP contribution in [0.1, 0.15) is 15.9 Å². The second-order valence-corrected chi connectivity index (χ2v) is 2.96. The van der Waals surface area contributed by atoms with Crippen LogP contribution in [0.15, 0.2) is 12.1 Å². The molecule has 0 saturated carbocycles. The van der Waals surface area contributed by atoms with Gasteiger partial charge in [-0.25, -0.2) is 4.39 Å². The summed E-state index contributed by atoms with van der Waals surface area (Å²) in [6, 6.07) is 0.884. The Morgan fingerprint density at radius 2 is 1.81 bits per heavy atom. The average molecular weight is 236 g/mol. The van der Waals surface area contributed by atoms with Gasteiger partial charge in [0.25, 0.3) is 0 Å². The van der Waals surface area contributed by atoms with Crippen molar-refractivity contribution in [2.45, 2.75) is 6.18 Å². The van der Waals surface area contributed by atoms with E-state index in [1.807, 2.05) is 0 Å². The van der Waals surface area contributed by atoms with E-state index < -0.39 is 35.7 Å². The molecule has 0 aliphatic heterocycles. The summed E-state index contributed by atoms with van der Waals surface area (Å²) >= 11 is 0. The second kappa shape index (κ2) is 4.22. The fourth-order valence-corrected chi connectivity index (χ4v) is 1.11. The normalized spacial score (nSPS) is 11.4. The van der Waals surface area contributed by atoms with Gasteiger partial charge in [-0.05, 0) is 17.6 Å². The lowest BCUT2D eigenvalue weighted by molar-refractivity contribution is -0.139. The number of halogens is 4. The molecule has 0 aromatic heterocycles.